The molecule has 6 heteroatoms. The Morgan fingerprint density at radius 3 is 2.89 bits per heavy atom. The van der Waals surface area contributed by atoms with Crippen LogP contribution in [0.25, 0.3) is 0 Å². The van der Waals surface area contributed by atoms with Gasteiger partial charge < -0.3 is 9.88 Å². The van der Waals surface area contributed by atoms with E-state index in [1.165, 1.54) is 12.1 Å². The predicted molar refractivity (Wildman–Crippen MR) is 74.4 cm³/mol. The monoisotopic (exact) mass is 279 g/mol. The lowest BCUT2D eigenvalue weighted by Gasteiger charge is -2.05. The van der Waals surface area contributed by atoms with Crippen LogP contribution in [0.2, 0.25) is 5.02 Å². The fourth-order valence-corrected chi connectivity index (χ4v) is 2.15. The number of rotatable bonds is 5. The Kier molecular flexibility index (Phi) is 4.19. The second-order valence-electron chi connectivity index (χ2n) is 4.25. The Labute approximate surface area is 116 Å². The molecule has 0 aliphatic heterocycles. The second kappa shape index (κ2) is 5.86. The molecule has 1 N–H and O–H groups in total. The number of nitrogens with one attached hydrogen (secondary N) is 1. The standard InChI is InChI=1S/C13H14ClN3O2/c1-15-7-10-4-5-16(8-10)9-11-6-12(14)2-3-13(11)17(18)19/h2-6,8,15H,7,9H2,1H3. The average Bonchev–Trinajstić information content (AvgIpc) is 2.77. The molecule has 5 nitrogen and oxygen atoms in total. The molecule has 19 heavy (non-hydrogen) atoms. The molecule has 1 aromatic heterocycles. The number of nitrogens with zero attached hydrogens (tertiary/aromatic N) is 2. The highest BCUT2D eigenvalue weighted by atomic mass is 35.5. The van der Waals surface area contributed by atoms with E-state index in [4.69, 9.17) is 11.6 Å². The van der Waals surface area contributed by atoms with Crippen LogP contribution in [0.15, 0.2) is 36.7 Å². The maximum absolute atomic E-state index is 11.0. The number of hydrogen-bond donors (Lipinski definition) is 1. The Balaban J connectivity index is 2.26. The maximum atomic E-state index is 11.0. The number of halogens is 1. The first-order chi connectivity index (χ1) is 9.10. The van der Waals surface area contributed by atoms with Gasteiger partial charge >= 0.3 is 0 Å². The molecule has 1 heterocycles. The van der Waals surface area contributed by atoms with E-state index >= 15 is 0 Å². The van der Waals surface area contributed by atoms with Crippen molar-refractivity contribution in [3.8, 4) is 0 Å². The molecule has 0 atom stereocenters. The molecule has 2 rings (SSSR count). The maximum Gasteiger partial charge on any atom is 0.274 e. The smallest absolute Gasteiger partial charge is 0.274 e. The zero-order valence-electron chi connectivity index (χ0n) is 10.5. The van der Waals surface area contributed by atoms with E-state index in [2.05, 4.69) is 5.32 Å². The SMILES string of the molecule is CNCc1ccn(Cc2cc(Cl)ccc2[N+](=O)[O-])c1. The van der Waals surface area contributed by atoms with Crippen molar-refractivity contribution in [3.05, 3.63) is 62.9 Å². The minimum Gasteiger partial charge on any atom is -0.349 e. The van der Waals surface area contributed by atoms with Crippen molar-refractivity contribution < 1.29 is 4.92 Å². The Morgan fingerprint density at radius 2 is 2.21 bits per heavy atom. The molecule has 1 aromatic carbocycles. The molecule has 0 fully saturated rings. The largest absolute Gasteiger partial charge is 0.349 e. The quantitative estimate of drug-likeness (QED) is 0.676. The van der Waals surface area contributed by atoms with Crippen molar-refractivity contribution >= 4 is 17.3 Å². The van der Waals surface area contributed by atoms with Crippen molar-refractivity contribution in [3.63, 3.8) is 0 Å². The van der Waals surface area contributed by atoms with Gasteiger partial charge in [-0.15, -0.1) is 0 Å². The molecule has 0 amide bonds. The van der Waals surface area contributed by atoms with Gasteiger partial charge in [0.1, 0.15) is 0 Å². The number of hydrogen-bond acceptors (Lipinski definition) is 3. The van der Waals surface area contributed by atoms with Crippen molar-refractivity contribution in [2.24, 2.45) is 0 Å². The summed E-state index contributed by atoms with van der Waals surface area (Å²) < 4.78 is 1.91. The van der Waals surface area contributed by atoms with Gasteiger partial charge in [-0.1, -0.05) is 11.6 Å². The summed E-state index contributed by atoms with van der Waals surface area (Å²) in [6.45, 7) is 1.20. The van der Waals surface area contributed by atoms with Gasteiger partial charge in [-0.05, 0) is 30.8 Å². The van der Waals surface area contributed by atoms with Gasteiger partial charge in [-0.3, -0.25) is 10.1 Å². The summed E-state index contributed by atoms with van der Waals surface area (Å²) >= 11 is 5.90. The van der Waals surface area contributed by atoms with Crippen LogP contribution in [0.3, 0.4) is 0 Å². The molecule has 0 aliphatic carbocycles. The lowest BCUT2D eigenvalue weighted by Crippen LogP contribution is -2.04. The van der Waals surface area contributed by atoms with Crippen LogP contribution in [-0.4, -0.2) is 16.5 Å². The van der Waals surface area contributed by atoms with Crippen molar-refractivity contribution in [2.45, 2.75) is 13.1 Å². The molecule has 0 aliphatic rings. The van der Waals surface area contributed by atoms with Gasteiger partial charge in [0.15, 0.2) is 0 Å². The fourth-order valence-electron chi connectivity index (χ4n) is 1.95. The average molecular weight is 280 g/mol. The molecule has 0 spiro atoms. The summed E-state index contributed by atoms with van der Waals surface area (Å²) in [6.07, 6.45) is 3.86. The number of nitro benzene ring substituents is 1. The van der Waals surface area contributed by atoms with Crippen LogP contribution in [-0.2, 0) is 13.1 Å². The number of nitro groups is 1. The van der Waals surface area contributed by atoms with Crippen LogP contribution in [0.1, 0.15) is 11.1 Å². The summed E-state index contributed by atoms with van der Waals surface area (Å²) in [4.78, 5) is 10.6. The molecular weight excluding hydrogens is 266 g/mol. The van der Waals surface area contributed by atoms with E-state index in [1.807, 2.05) is 30.1 Å². The van der Waals surface area contributed by atoms with Gasteiger partial charge in [-0.25, -0.2) is 0 Å². The molecule has 2 aromatic rings. The summed E-state index contributed by atoms with van der Waals surface area (Å²) in [5.74, 6) is 0. The normalized spacial score (nSPS) is 10.6. The van der Waals surface area contributed by atoms with Crippen LogP contribution in [0.5, 0.6) is 0 Å². The minimum absolute atomic E-state index is 0.0910. The molecule has 0 bridgehead atoms. The minimum atomic E-state index is -0.385. The van der Waals surface area contributed by atoms with E-state index < -0.39 is 0 Å². The van der Waals surface area contributed by atoms with Gasteiger partial charge in [0, 0.05) is 30.0 Å². The lowest BCUT2D eigenvalue weighted by molar-refractivity contribution is -0.385. The molecule has 0 radical (unpaired) electrons. The Morgan fingerprint density at radius 1 is 1.42 bits per heavy atom. The Hall–Kier alpha value is -1.85. The second-order valence-corrected chi connectivity index (χ2v) is 4.69. The summed E-state index contributed by atoms with van der Waals surface area (Å²) in [6, 6.07) is 6.59. The molecule has 100 valence electrons. The Bertz CT molecular complexity index is 595. The third-order valence-electron chi connectivity index (χ3n) is 2.78. The molecule has 0 saturated carbocycles. The first-order valence-corrected chi connectivity index (χ1v) is 6.20. The third-order valence-corrected chi connectivity index (χ3v) is 3.02. The van der Waals surface area contributed by atoms with Gasteiger partial charge in [0.05, 0.1) is 17.0 Å². The zero-order chi connectivity index (χ0) is 13.8. The number of benzene rings is 1. The first kappa shape index (κ1) is 13.6. The topological polar surface area (TPSA) is 60.1 Å². The number of aromatic nitrogens is 1. The van der Waals surface area contributed by atoms with Crippen LogP contribution in [0, 0.1) is 10.1 Å². The van der Waals surface area contributed by atoms with E-state index in [9.17, 15) is 10.1 Å². The van der Waals surface area contributed by atoms with Gasteiger partial charge in [-0.2, -0.15) is 0 Å². The van der Waals surface area contributed by atoms with Crippen LogP contribution >= 0.6 is 11.6 Å². The van der Waals surface area contributed by atoms with Crippen molar-refractivity contribution in [1.29, 1.82) is 0 Å². The zero-order valence-corrected chi connectivity index (χ0v) is 11.2. The van der Waals surface area contributed by atoms with Gasteiger partial charge in [0.25, 0.3) is 5.69 Å². The summed E-state index contributed by atoms with van der Waals surface area (Å²) in [5, 5.41) is 14.5. The van der Waals surface area contributed by atoms with Crippen molar-refractivity contribution in [1.82, 2.24) is 9.88 Å². The third kappa shape index (κ3) is 3.33. The van der Waals surface area contributed by atoms with Crippen molar-refractivity contribution in [2.75, 3.05) is 7.05 Å². The highest BCUT2D eigenvalue weighted by Crippen LogP contribution is 2.23. The molecule has 0 unspecified atom stereocenters. The summed E-state index contributed by atoms with van der Waals surface area (Å²) in [7, 11) is 1.87. The first-order valence-electron chi connectivity index (χ1n) is 5.82. The molecule has 0 saturated heterocycles. The fraction of sp³-hybridized carbons (Fsp3) is 0.231. The highest BCUT2D eigenvalue weighted by molar-refractivity contribution is 6.30. The lowest BCUT2D eigenvalue weighted by atomic mass is 10.2. The van der Waals surface area contributed by atoms with E-state index in [-0.39, 0.29) is 10.6 Å². The van der Waals surface area contributed by atoms with Crippen LogP contribution in [0.4, 0.5) is 5.69 Å². The van der Waals surface area contributed by atoms with Gasteiger partial charge in [0.2, 0.25) is 0 Å². The van der Waals surface area contributed by atoms with E-state index in [1.54, 1.807) is 6.07 Å². The summed E-state index contributed by atoms with van der Waals surface area (Å²) in [5.41, 5.74) is 1.82. The molecular formula is C13H14ClN3O2. The predicted octanol–water partition coefficient (Wildman–Crippen LogP) is 2.82. The van der Waals surface area contributed by atoms with E-state index in [0.717, 1.165) is 12.1 Å². The van der Waals surface area contributed by atoms with E-state index in [0.29, 0.717) is 17.1 Å². The van der Waals surface area contributed by atoms with Crippen LogP contribution < -0.4 is 5.32 Å². The highest BCUT2D eigenvalue weighted by Gasteiger charge is 2.14.